The number of benzene rings is 2. The summed E-state index contributed by atoms with van der Waals surface area (Å²) in [4.78, 5) is 14.6. The highest BCUT2D eigenvalue weighted by Gasteiger charge is 2.26. The van der Waals surface area contributed by atoms with Gasteiger partial charge in [0.2, 0.25) is 0 Å². The molecule has 1 aliphatic heterocycles. The second kappa shape index (κ2) is 5.41. The Kier molecular flexibility index (Phi) is 3.59. The molecule has 1 heterocycles. The van der Waals surface area contributed by atoms with Crippen LogP contribution in [0.3, 0.4) is 0 Å². The summed E-state index contributed by atoms with van der Waals surface area (Å²) in [7, 11) is 0. The molecule has 108 valence electrons. The van der Waals surface area contributed by atoms with Crippen molar-refractivity contribution >= 4 is 33.2 Å². The quantitative estimate of drug-likeness (QED) is 0.805. The molecule has 1 aliphatic rings. The highest BCUT2D eigenvalue weighted by Crippen LogP contribution is 2.33. The minimum atomic E-state index is -0.0590. The monoisotopic (exact) mass is 346 g/mol. The first-order chi connectivity index (χ1) is 10.1. The second-order valence-corrected chi connectivity index (χ2v) is 5.86. The van der Waals surface area contributed by atoms with Gasteiger partial charge in [0.1, 0.15) is 12.4 Å². The molecule has 0 fully saturated rings. The molecule has 4 nitrogen and oxygen atoms in total. The Labute approximate surface area is 131 Å². The topological polar surface area (TPSA) is 55.6 Å². The molecule has 2 aromatic rings. The van der Waals surface area contributed by atoms with E-state index in [9.17, 15) is 4.79 Å². The van der Waals surface area contributed by atoms with Crippen molar-refractivity contribution in [1.29, 1.82) is 0 Å². The Bertz CT molecular complexity index is 715. The molecule has 0 saturated carbocycles. The molecule has 2 N–H and O–H groups in total. The van der Waals surface area contributed by atoms with Crippen molar-refractivity contribution in [2.24, 2.45) is 0 Å². The van der Waals surface area contributed by atoms with E-state index in [2.05, 4.69) is 15.9 Å². The average Bonchev–Trinajstić information content (AvgIpc) is 2.49. The molecule has 0 saturated heterocycles. The van der Waals surface area contributed by atoms with E-state index in [-0.39, 0.29) is 5.91 Å². The lowest BCUT2D eigenvalue weighted by Gasteiger charge is -2.30. The van der Waals surface area contributed by atoms with Crippen molar-refractivity contribution in [3.63, 3.8) is 0 Å². The number of carbonyl (C=O) groups is 1. The summed E-state index contributed by atoms with van der Waals surface area (Å²) in [5.74, 6) is 0.675. The molecule has 0 radical (unpaired) electrons. The highest BCUT2D eigenvalue weighted by molar-refractivity contribution is 9.10. The van der Waals surface area contributed by atoms with E-state index in [0.717, 1.165) is 21.5 Å². The molecule has 0 unspecified atom stereocenters. The maximum atomic E-state index is 12.9. The number of para-hydroxylation sites is 2. The lowest BCUT2D eigenvalue weighted by atomic mass is 10.0. The smallest absolute Gasteiger partial charge is 0.258 e. The lowest BCUT2D eigenvalue weighted by molar-refractivity contribution is 0.0976. The van der Waals surface area contributed by atoms with E-state index in [0.29, 0.717) is 24.4 Å². The summed E-state index contributed by atoms with van der Waals surface area (Å²) < 4.78 is 6.39. The Morgan fingerprint density at radius 2 is 2.10 bits per heavy atom. The molecule has 0 aromatic heterocycles. The SMILES string of the molecule is Cc1c(N)cc(Br)cc1C(=O)N1CCOc2ccccc21. The third kappa shape index (κ3) is 2.49. The van der Waals surface area contributed by atoms with Crippen LogP contribution in [0.15, 0.2) is 40.9 Å². The number of rotatable bonds is 1. The number of carbonyl (C=O) groups excluding carboxylic acids is 1. The fraction of sp³-hybridized carbons (Fsp3) is 0.188. The van der Waals surface area contributed by atoms with Crippen LogP contribution < -0.4 is 15.4 Å². The number of hydrogen-bond donors (Lipinski definition) is 1. The molecular formula is C16H15BrN2O2. The number of amides is 1. The fourth-order valence-electron chi connectivity index (χ4n) is 2.45. The van der Waals surface area contributed by atoms with Gasteiger partial charge < -0.3 is 15.4 Å². The van der Waals surface area contributed by atoms with Crippen molar-refractivity contribution in [2.45, 2.75) is 6.92 Å². The number of nitrogen functional groups attached to an aromatic ring is 1. The van der Waals surface area contributed by atoms with Gasteiger partial charge in [-0.3, -0.25) is 4.79 Å². The normalized spacial score (nSPS) is 13.5. The number of nitrogens with two attached hydrogens (primary N) is 1. The summed E-state index contributed by atoms with van der Waals surface area (Å²) in [6, 6.07) is 11.2. The first-order valence-corrected chi connectivity index (χ1v) is 7.46. The van der Waals surface area contributed by atoms with Crippen LogP contribution in [0.4, 0.5) is 11.4 Å². The lowest BCUT2D eigenvalue weighted by Crippen LogP contribution is -2.38. The molecule has 0 atom stereocenters. The maximum absolute atomic E-state index is 12.9. The first-order valence-electron chi connectivity index (χ1n) is 6.67. The van der Waals surface area contributed by atoms with Crippen molar-refractivity contribution in [3.05, 3.63) is 52.0 Å². The third-order valence-electron chi connectivity index (χ3n) is 3.62. The number of halogens is 1. The minimum absolute atomic E-state index is 0.0590. The van der Waals surface area contributed by atoms with Gasteiger partial charge in [0.05, 0.1) is 12.2 Å². The molecule has 0 bridgehead atoms. The van der Waals surface area contributed by atoms with Crippen molar-refractivity contribution in [2.75, 3.05) is 23.8 Å². The Hall–Kier alpha value is -2.01. The Morgan fingerprint density at radius 1 is 1.33 bits per heavy atom. The Morgan fingerprint density at radius 3 is 2.90 bits per heavy atom. The van der Waals surface area contributed by atoms with Crippen molar-refractivity contribution in [3.8, 4) is 5.75 Å². The average molecular weight is 347 g/mol. The number of anilines is 2. The molecule has 0 aliphatic carbocycles. The summed E-state index contributed by atoms with van der Waals surface area (Å²) in [5, 5.41) is 0. The van der Waals surface area contributed by atoms with Gasteiger partial charge in [-0.25, -0.2) is 0 Å². The number of fused-ring (bicyclic) bond motifs is 1. The van der Waals surface area contributed by atoms with Crippen LogP contribution in [0.2, 0.25) is 0 Å². The van der Waals surface area contributed by atoms with E-state index in [4.69, 9.17) is 10.5 Å². The predicted octanol–water partition coefficient (Wildman–Crippen LogP) is 3.38. The fourth-order valence-corrected chi connectivity index (χ4v) is 2.92. The first kappa shape index (κ1) is 13.9. The van der Waals surface area contributed by atoms with Gasteiger partial charge in [-0.05, 0) is 36.8 Å². The molecular weight excluding hydrogens is 332 g/mol. The van der Waals surface area contributed by atoms with Gasteiger partial charge in [0.25, 0.3) is 5.91 Å². The van der Waals surface area contributed by atoms with E-state index in [1.54, 1.807) is 11.0 Å². The Balaban J connectivity index is 2.05. The molecule has 5 heteroatoms. The molecule has 3 rings (SSSR count). The summed E-state index contributed by atoms with van der Waals surface area (Å²) in [6.45, 7) is 2.88. The number of ether oxygens (including phenoxy) is 1. The van der Waals surface area contributed by atoms with Gasteiger partial charge in [0, 0.05) is 15.7 Å². The van der Waals surface area contributed by atoms with Crippen LogP contribution in [0, 0.1) is 6.92 Å². The van der Waals surface area contributed by atoms with Crippen LogP contribution in [-0.4, -0.2) is 19.1 Å². The van der Waals surface area contributed by atoms with E-state index >= 15 is 0 Å². The van der Waals surface area contributed by atoms with E-state index in [1.165, 1.54) is 0 Å². The maximum Gasteiger partial charge on any atom is 0.258 e. The summed E-state index contributed by atoms with van der Waals surface area (Å²) >= 11 is 3.40. The molecule has 0 spiro atoms. The minimum Gasteiger partial charge on any atom is -0.490 e. The van der Waals surface area contributed by atoms with Gasteiger partial charge in [-0.15, -0.1) is 0 Å². The highest BCUT2D eigenvalue weighted by atomic mass is 79.9. The number of hydrogen-bond acceptors (Lipinski definition) is 3. The van der Waals surface area contributed by atoms with Gasteiger partial charge in [-0.1, -0.05) is 28.1 Å². The molecule has 21 heavy (non-hydrogen) atoms. The zero-order valence-electron chi connectivity index (χ0n) is 11.6. The van der Waals surface area contributed by atoms with Crippen LogP contribution in [0.5, 0.6) is 5.75 Å². The summed E-state index contributed by atoms with van der Waals surface area (Å²) in [6.07, 6.45) is 0. The van der Waals surface area contributed by atoms with Crippen LogP contribution in [0.1, 0.15) is 15.9 Å². The van der Waals surface area contributed by atoms with E-state index < -0.39 is 0 Å². The van der Waals surface area contributed by atoms with Crippen molar-refractivity contribution in [1.82, 2.24) is 0 Å². The van der Waals surface area contributed by atoms with Crippen LogP contribution >= 0.6 is 15.9 Å². The second-order valence-electron chi connectivity index (χ2n) is 4.94. The van der Waals surface area contributed by atoms with Crippen LogP contribution in [0.25, 0.3) is 0 Å². The molecule has 1 amide bonds. The zero-order valence-corrected chi connectivity index (χ0v) is 13.2. The zero-order chi connectivity index (χ0) is 15.0. The summed E-state index contributed by atoms with van der Waals surface area (Å²) in [5.41, 5.74) is 8.77. The van der Waals surface area contributed by atoms with Gasteiger partial charge in [-0.2, -0.15) is 0 Å². The molecule has 2 aromatic carbocycles. The third-order valence-corrected chi connectivity index (χ3v) is 4.07. The predicted molar refractivity (Wildman–Crippen MR) is 86.9 cm³/mol. The largest absolute Gasteiger partial charge is 0.490 e. The van der Waals surface area contributed by atoms with E-state index in [1.807, 2.05) is 37.3 Å². The number of nitrogens with zero attached hydrogens (tertiary/aromatic N) is 1. The van der Waals surface area contributed by atoms with Gasteiger partial charge in [0.15, 0.2) is 0 Å². The van der Waals surface area contributed by atoms with Gasteiger partial charge >= 0.3 is 0 Å². The van der Waals surface area contributed by atoms with Crippen LogP contribution in [-0.2, 0) is 0 Å². The van der Waals surface area contributed by atoms with Crippen molar-refractivity contribution < 1.29 is 9.53 Å². The standard InChI is InChI=1S/C16H15BrN2O2/c1-10-12(8-11(17)9-13(10)18)16(20)19-6-7-21-15-5-3-2-4-14(15)19/h2-5,8-9H,6-7,18H2,1H3.